The average Bonchev–Trinajstić information content (AvgIpc) is 2.74. The Kier molecular flexibility index (Phi) is 7.94. The van der Waals surface area contributed by atoms with Crippen LogP contribution in [0.2, 0.25) is 0 Å². The zero-order chi connectivity index (χ0) is 23.1. The highest BCUT2D eigenvalue weighted by Crippen LogP contribution is 2.19. The monoisotopic (exact) mass is 440 g/mol. The lowest BCUT2D eigenvalue weighted by Crippen LogP contribution is -2.51. The van der Waals surface area contributed by atoms with Gasteiger partial charge in [-0.15, -0.1) is 0 Å². The molecular formula is C24H29FN4O3. The lowest BCUT2D eigenvalue weighted by molar-refractivity contribution is -0.133. The Hall–Kier alpha value is -3.26. The molecule has 0 bridgehead atoms. The molecule has 0 spiro atoms. The van der Waals surface area contributed by atoms with E-state index < -0.39 is 5.82 Å². The van der Waals surface area contributed by atoms with Gasteiger partial charge in [0.2, 0.25) is 17.7 Å². The van der Waals surface area contributed by atoms with E-state index in [1.807, 2.05) is 36.1 Å². The minimum atomic E-state index is -0.405. The molecule has 1 aliphatic heterocycles. The number of aryl methyl sites for hydroxylation is 1. The maximum atomic E-state index is 13.3. The normalized spacial score (nSPS) is 15.2. The van der Waals surface area contributed by atoms with E-state index in [0.29, 0.717) is 31.9 Å². The van der Waals surface area contributed by atoms with Crippen molar-refractivity contribution < 1.29 is 18.8 Å². The number of carbonyl (C=O) groups is 3. The van der Waals surface area contributed by atoms with Gasteiger partial charge in [-0.1, -0.05) is 35.9 Å². The van der Waals surface area contributed by atoms with Gasteiger partial charge in [-0.2, -0.15) is 0 Å². The van der Waals surface area contributed by atoms with Crippen LogP contribution < -0.4 is 10.6 Å². The van der Waals surface area contributed by atoms with E-state index in [9.17, 15) is 18.8 Å². The van der Waals surface area contributed by atoms with Crippen molar-refractivity contribution in [3.05, 3.63) is 65.5 Å². The van der Waals surface area contributed by atoms with Gasteiger partial charge >= 0.3 is 0 Å². The molecule has 0 saturated carbocycles. The second-order valence-electron chi connectivity index (χ2n) is 8.08. The predicted molar refractivity (Wildman–Crippen MR) is 120 cm³/mol. The fraction of sp³-hybridized carbons (Fsp3) is 0.375. The van der Waals surface area contributed by atoms with Crippen LogP contribution in [0.15, 0.2) is 48.5 Å². The van der Waals surface area contributed by atoms with Gasteiger partial charge in [-0.3, -0.25) is 19.3 Å². The van der Waals surface area contributed by atoms with Crippen molar-refractivity contribution in [2.45, 2.75) is 26.3 Å². The van der Waals surface area contributed by atoms with Crippen LogP contribution in [0.5, 0.6) is 0 Å². The Balaban J connectivity index is 1.49. The minimum Gasteiger partial charge on any atom is -0.349 e. The molecule has 1 aliphatic rings. The summed E-state index contributed by atoms with van der Waals surface area (Å²) in [6.45, 7) is 5.75. The molecule has 0 aromatic heterocycles. The maximum Gasteiger partial charge on any atom is 0.238 e. The lowest BCUT2D eigenvalue weighted by Gasteiger charge is -2.35. The van der Waals surface area contributed by atoms with Crippen molar-refractivity contribution in [1.29, 1.82) is 0 Å². The first-order valence-corrected chi connectivity index (χ1v) is 10.7. The minimum absolute atomic E-state index is 0.0341. The number of rotatable bonds is 7. The second kappa shape index (κ2) is 10.9. The molecule has 0 radical (unpaired) electrons. The van der Waals surface area contributed by atoms with Crippen molar-refractivity contribution in [1.82, 2.24) is 15.1 Å². The van der Waals surface area contributed by atoms with Crippen molar-refractivity contribution in [2.24, 2.45) is 0 Å². The number of nitrogens with one attached hydrogen (secondary N) is 2. The zero-order valence-corrected chi connectivity index (χ0v) is 18.4. The van der Waals surface area contributed by atoms with Gasteiger partial charge in [-0.25, -0.2) is 4.39 Å². The first kappa shape index (κ1) is 23.4. The van der Waals surface area contributed by atoms with E-state index in [4.69, 9.17) is 0 Å². The summed E-state index contributed by atoms with van der Waals surface area (Å²) in [5.74, 6) is -0.843. The number of halogens is 1. The SMILES string of the molecule is CC(=O)N[C@@H](CC(=O)N1CCN(CC(=O)Nc2cccc(F)c2)CC1)c1ccc(C)cc1. The number of carbonyl (C=O) groups excluding carboxylic acids is 3. The predicted octanol–water partition coefficient (Wildman–Crippen LogP) is 2.48. The van der Waals surface area contributed by atoms with Gasteiger partial charge in [0, 0.05) is 38.8 Å². The molecule has 3 rings (SSSR count). The molecule has 0 unspecified atom stereocenters. The van der Waals surface area contributed by atoms with Crippen molar-refractivity contribution >= 4 is 23.4 Å². The van der Waals surface area contributed by atoms with E-state index in [1.54, 1.807) is 17.0 Å². The molecule has 2 aromatic carbocycles. The molecule has 0 aliphatic carbocycles. The van der Waals surface area contributed by atoms with Crippen LogP contribution in [-0.2, 0) is 14.4 Å². The molecule has 1 atom stereocenters. The first-order valence-electron chi connectivity index (χ1n) is 10.7. The van der Waals surface area contributed by atoms with E-state index in [2.05, 4.69) is 10.6 Å². The summed E-state index contributed by atoms with van der Waals surface area (Å²) in [4.78, 5) is 40.5. The highest BCUT2D eigenvalue weighted by atomic mass is 19.1. The Labute approximate surface area is 187 Å². The van der Waals surface area contributed by atoms with E-state index in [0.717, 1.165) is 11.1 Å². The van der Waals surface area contributed by atoms with Crippen LogP contribution in [0, 0.1) is 12.7 Å². The molecule has 2 N–H and O–H groups in total. The van der Waals surface area contributed by atoms with E-state index in [-0.39, 0.29) is 36.7 Å². The maximum absolute atomic E-state index is 13.3. The standard InChI is InChI=1S/C24H29FN4O3/c1-17-6-8-19(9-7-17)22(26-18(2)30)15-24(32)29-12-10-28(11-13-29)16-23(31)27-21-5-3-4-20(25)14-21/h3-9,14,22H,10-13,15-16H2,1-2H3,(H,26,30)(H,27,31)/t22-/m0/s1. The molecule has 170 valence electrons. The van der Waals surface area contributed by atoms with Gasteiger partial charge < -0.3 is 15.5 Å². The van der Waals surface area contributed by atoms with Crippen molar-refractivity contribution in [3.8, 4) is 0 Å². The zero-order valence-electron chi connectivity index (χ0n) is 18.4. The third kappa shape index (κ3) is 6.88. The summed E-state index contributed by atoms with van der Waals surface area (Å²) in [5.41, 5.74) is 2.43. The number of piperazine rings is 1. The van der Waals surface area contributed by atoms with Crippen LogP contribution in [0.25, 0.3) is 0 Å². The summed E-state index contributed by atoms with van der Waals surface area (Å²) < 4.78 is 13.3. The summed E-state index contributed by atoms with van der Waals surface area (Å²) in [5, 5.41) is 5.56. The molecule has 1 fully saturated rings. The van der Waals surface area contributed by atoms with Gasteiger partial charge in [-0.05, 0) is 30.7 Å². The van der Waals surface area contributed by atoms with Gasteiger partial charge in [0.25, 0.3) is 0 Å². The Morgan fingerprint density at radius 2 is 1.72 bits per heavy atom. The Morgan fingerprint density at radius 1 is 1.03 bits per heavy atom. The Morgan fingerprint density at radius 3 is 2.34 bits per heavy atom. The van der Waals surface area contributed by atoms with Gasteiger partial charge in [0.15, 0.2) is 0 Å². The molecule has 7 nitrogen and oxygen atoms in total. The summed E-state index contributed by atoms with van der Waals surface area (Å²) in [6, 6.07) is 13.2. The van der Waals surface area contributed by atoms with Crippen LogP contribution in [-0.4, -0.2) is 60.2 Å². The molecule has 32 heavy (non-hydrogen) atoms. The van der Waals surface area contributed by atoms with Gasteiger partial charge in [0.05, 0.1) is 19.0 Å². The van der Waals surface area contributed by atoms with Crippen LogP contribution in [0.3, 0.4) is 0 Å². The number of hydrogen-bond acceptors (Lipinski definition) is 4. The molecule has 2 aromatic rings. The van der Waals surface area contributed by atoms with E-state index >= 15 is 0 Å². The number of benzene rings is 2. The largest absolute Gasteiger partial charge is 0.349 e. The Bertz CT molecular complexity index is 956. The second-order valence-corrected chi connectivity index (χ2v) is 8.08. The average molecular weight is 441 g/mol. The summed E-state index contributed by atoms with van der Waals surface area (Å²) >= 11 is 0. The van der Waals surface area contributed by atoms with E-state index in [1.165, 1.54) is 19.1 Å². The quantitative estimate of drug-likeness (QED) is 0.693. The third-order valence-corrected chi connectivity index (χ3v) is 5.44. The fourth-order valence-corrected chi connectivity index (χ4v) is 3.73. The van der Waals surface area contributed by atoms with Crippen molar-refractivity contribution in [3.63, 3.8) is 0 Å². The molecule has 8 heteroatoms. The topological polar surface area (TPSA) is 81.8 Å². The number of amides is 3. The first-order chi connectivity index (χ1) is 15.3. The number of nitrogens with zero attached hydrogens (tertiary/aromatic N) is 2. The number of anilines is 1. The van der Waals surface area contributed by atoms with Crippen LogP contribution in [0.4, 0.5) is 10.1 Å². The molecule has 3 amide bonds. The molecular weight excluding hydrogens is 411 g/mol. The highest BCUT2D eigenvalue weighted by molar-refractivity contribution is 5.92. The van der Waals surface area contributed by atoms with Crippen LogP contribution >= 0.6 is 0 Å². The summed E-state index contributed by atoms with van der Waals surface area (Å²) in [6.07, 6.45) is 0.183. The molecule has 1 saturated heterocycles. The number of hydrogen-bond donors (Lipinski definition) is 2. The molecule has 1 heterocycles. The highest BCUT2D eigenvalue weighted by Gasteiger charge is 2.25. The smallest absolute Gasteiger partial charge is 0.238 e. The van der Waals surface area contributed by atoms with Crippen molar-refractivity contribution in [2.75, 3.05) is 38.0 Å². The lowest BCUT2D eigenvalue weighted by atomic mass is 10.0. The van der Waals surface area contributed by atoms with Crippen LogP contribution in [0.1, 0.15) is 30.5 Å². The van der Waals surface area contributed by atoms with Gasteiger partial charge in [0.1, 0.15) is 5.82 Å². The third-order valence-electron chi connectivity index (χ3n) is 5.44. The fourth-order valence-electron chi connectivity index (χ4n) is 3.73. The summed E-state index contributed by atoms with van der Waals surface area (Å²) in [7, 11) is 0.